The summed E-state index contributed by atoms with van der Waals surface area (Å²) in [6.45, 7) is 4.72. The van der Waals surface area contributed by atoms with E-state index in [1.165, 1.54) is 0 Å². The average molecular weight is 377 g/mol. The van der Waals surface area contributed by atoms with Crippen molar-refractivity contribution in [3.05, 3.63) is 0 Å². The van der Waals surface area contributed by atoms with E-state index in [-0.39, 0.29) is 10.9 Å². The third-order valence-corrected chi connectivity index (χ3v) is 8.95. The van der Waals surface area contributed by atoms with E-state index >= 15 is 0 Å². The number of fused-ring (bicyclic) bond motifs is 2. The first-order chi connectivity index (χ1) is 10.2. The SMILES string of the molecule is C[C@]12OCC3(C[C@@H]1O)[C@H](O[C@@H]1[C@H](O)[C@@H](O)[C@@]3(C)[C@]13CO3)[C@@H]2Br. The van der Waals surface area contributed by atoms with Crippen molar-refractivity contribution in [2.75, 3.05) is 13.2 Å². The van der Waals surface area contributed by atoms with Crippen LogP contribution in [0.25, 0.3) is 0 Å². The first-order valence-electron chi connectivity index (χ1n) is 7.86. The van der Waals surface area contributed by atoms with E-state index < -0.39 is 46.4 Å². The summed E-state index contributed by atoms with van der Waals surface area (Å²) in [4.78, 5) is -0.201. The van der Waals surface area contributed by atoms with E-state index in [9.17, 15) is 15.3 Å². The molecule has 2 saturated carbocycles. The van der Waals surface area contributed by atoms with E-state index in [0.717, 1.165) is 0 Å². The van der Waals surface area contributed by atoms with E-state index in [1.807, 2.05) is 13.8 Å². The Morgan fingerprint density at radius 2 is 1.73 bits per heavy atom. The molecular formula is C15H21BrO6. The van der Waals surface area contributed by atoms with E-state index in [0.29, 0.717) is 19.6 Å². The topological polar surface area (TPSA) is 91.7 Å². The standard InChI is InChI=1S/C15H21BrO6/c1-12-6(17)3-14(4-20-12)11(8(12)16)22-10-7(18)9(19)13(14,2)15(10)5-21-15/h6-11,17-19H,3-5H2,1-2H3/t6-,7+,8-,9+,10+,11+,12-,13+,14?,15-/m0/s1. The minimum Gasteiger partial charge on any atom is -0.390 e. The van der Waals surface area contributed by atoms with Crippen LogP contribution in [-0.4, -0.2) is 75.1 Å². The fraction of sp³-hybridized carbons (Fsp3) is 1.00. The van der Waals surface area contributed by atoms with Crippen LogP contribution in [0.4, 0.5) is 0 Å². The quantitative estimate of drug-likeness (QED) is 0.392. The number of aliphatic hydroxyl groups excluding tert-OH is 3. The third kappa shape index (κ3) is 1.14. The van der Waals surface area contributed by atoms with Gasteiger partial charge in [0.15, 0.2) is 0 Å². The second-order valence-corrected chi connectivity index (χ2v) is 9.03. The second kappa shape index (κ2) is 3.74. The lowest BCUT2D eigenvalue weighted by Crippen LogP contribution is -2.79. The molecule has 2 aliphatic carbocycles. The number of rotatable bonds is 0. The van der Waals surface area contributed by atoms with Crippen molar-refractivity contribution >= 4 is 15.9 Å². The molecule has 6 rings (SSSR count). The van der Waals surface area contributed by atoms with Crippen LogP contribution < -0.4 is 0 Å². The van der Waals surface area contributed by atoms with E-state index in [2.05, 4.69) is 15.9 Å². The maximum atomic E-state index is 10.8. The van der Waals surface area contributed by atoms with Crippen molar-refractivity contribution in [3.8, 4) is 0 Å². The Morgan fingerprint density at radius 3 is 2.32 bits per heavy atom. The minimum atomic E-state index is -0.976. The molecule has 0 aromatic heterocycles. The van der Waals surface area contributed by atoms with Gasteiger partial charge in [-0.1, -0.05) is 22.9 Å². The number of epoxide rings is 1. The number of hydrogen-bond acceptors (Lipinski definition) is 6. The van der Waals surface area contributed by atoms with Gasteiger partial charge in [0.05, 0.1) is 36.4 Å². The van der Waals surface area contributed by atoms with Gasteiger partial charge >= 0.3 is 0 Å². The number of aliphatic hydroxyl groups is 3. The fourth-order valence-corrected chi connectivity index (χ4v) is 6.89. The van der Waals surface area contributed by atoms with Crippen LogP contribution in [0.1, 0.15) is 20.3 Å². The van der Waals surface area contributed by atoms with Crippen molar-refractivity contribution in [2.45, 2.75) is 66.8 Å². The molecule has 0 aromatic rings. The molecule has 22 heavy (non-hydrogen) atoms. The van der Waals surface area contributed by atoms with Crippen molar-refractivity contribution < 1.29 is 29.5 Å². The van der Waals surface area contributed by atoms with E-state index in [1.54, 1.807) is 0 Å². The lowest BCUT2D eigenvalue weighted by Gasteiger charge is -2.68. The summed E-state index contributed by atoms with van der Waals surface area (Å²) in [5, 5.41) is 32.0. The molecule has 6 nitrogen and oxygen atoms in total. The largest absolute Gasteiger partial charge is 0.390 e. The molecule has 0 amide bonds. The van der Waals surface area contributed by atoms with Gasteiger partial charge in [0.25, 0.3) is 0 Å². The Bertz CT molecular complexity index is 554. The number of hydrogen-bond donors (Lipinski definition) is 3. The normalized spacial score (nSPS) is 71.7. The molecular weight excluding hydrogens is 356 g/mol. The van der Waals surface area contributed by atoms with Crippen LogP contribution in [0, 0.1) is 10.8 Å². The van der Waals surface area contributed by atoms with Gasteiger partial charge in [0.1, 0.15) is 23.4 Å². The van der Waals surface area contributed by atoms with Crippen LogP contribution in [0.15, 0.2) is 0 Å². The number of alkyl halides is 1. The number of ether oxygens (including phenoxy) is 3. The third-order valence-electron chi connectivity index (χ3n) is 7.56. The molecule has 4 aliphatic heterocycles. The molecule has 0 aromatic carbocycles. The monoisotopic (exact) mass is 376 g/mol. The van der Waals surface area contributed by atoms with Crippen molar-refractivity contribution in [3.63, 3.8) is 0 Å². The van der Waals surface area contributed by atoms with Crippen LogP contribution in [0.3, 0.4) is 0 Å². The van der Waals surface area contributed by atoms with Gasteiger partial charge < -0.3 is 29.5 Å². The van der Waals surface area contributed by atoms with Crippen LogP contribution in [0.5, 0.6) is 0 Å². The lowest BCUT2D eigenvalue weighted by molar-refractivity contribution is -0.340. The second-order valence-electron chi connectivity index (χ2n) is 8.04. The molecule has 4 saturated heterocycles. The van der Waals surface area contributed by atoms with Crippen molar-refractivity contribution in [2.24, 2.45) is 10.8 Å². The Hall–Kier alpha value is 0.240. The maximum Gasteiger partial charge on any atom is 0.129 e. The molecule has 4 heterocycles. The van der Waals surface area contributed by atoms with E-state index in [4.69, 9.17) is 14.2 Å². The molecule has 124 valence electrons. The zero-order chi connectivity index (χ0) is 15.7. The molecule has 1 unspecified atom stereocenters. The van der Waals surface area contributed by atoms with Gasteiger partial charge in [-0.25, -0.2) is 0 Å². The van der Waals surface area contributed by atoms with Crippen molar-refractivity contribution in [1.82, 2.24) is 0 Å². The molecule has 6 aliphatic rings. The summed E-state index contributed by atoms with van der Waals surface area (Å²) in [5.74, 6) is 0. The summed E-state index contributed by atoms with van der Waals surface area (Å²) in [6, 6.07) is 0. The van der Waals surface area contributed by atoms with Gasteiger partial charge in [0.2, 0.25) is 0 Å². The molecule has 2 spiro atoms. The Balaban J connectivity index is 1.73. The Morgan fingerprint density at radius 1 is 1.05 bits per heavy atom. The highest BCUT2D eigenvalue weighted by atomic mass is 79.9. The van der Waals surface area contributed by atoms with Gasteiger partial charge in [-0.05, 0) is 13.3 Å². The molecule has 10 atom stereocenters. The lowest BCUT2D eigenvalue weighted by atomic mass is 9.47. The average Bonchev–Trinajstić information content (AvgIpc) is 3.26. The molecule has 7 heteroatoms. The van der Waals surface area contributed by atoms with Crippen molar-refractivity contribution in [1.29, 1.82) is 0 Å². The highest BCUT2D eigenvalue weighted by Gasteiger charge is 2.87. The first-order valence-corrected chi connectivity index (χ1v) is 8.78. The zero-order valence-electron chi connectivity index (χ0n) is 12.5. The summed E-state index contributed by atoms with van der Waals surface area (Å²) in [7, 11) is 0. The highest BCUT2D eigenvalue weighted by molar-refractivity contribution is 9.09. The summed E-state index contributed by atoms with van der Waals surface area (Å²) in [6.07, 6.45) is -2.86. The van der Waals surface area contributed by atoms with Gasteiger partial charge in [0, 0.05) is 10.8 Å². The zero-order valence-corrected chi connectivity index (χ0v) is 14.1. The highest BCUT2D eigenvalue weighted by Crippen LogP contribution is 2.74. The van der Waals surface area contributed by atoms with Crippen LogP contribution in [0.2, 0.25) is 0 Å². The van der Waals surface area contributed by atoms with Crippen LogP contribution in [-0.2, 0) is 14.2 Å². The Kier molecular flexibility index (Phi) is 2.48. The summed E-state index contributed by atoms with van der Waals surface area (Å²) < 4.78 is 18.1. The number of halogens is 1. The van der Waals surface area contributed by atoms with Gasteiger partial charge in [-0.2, -0.15) is 0 Å². The Labute approximate surface area is 136 Å². The molecule has 6 fully saturated rings. The van der Waals surface area contributed by atoms with Gasteiger partial charge in [-0.3, -0.25) is 0 Å². The fourth-order valence-electron chi connectivity index (χ4n) is 5.82. The van der Waals surface area contributed by atoms with Crippen LogP contribution >= 0.6 is 15.9 Å². The molecule has 0 radical (unpaired) electrons. The summed E-state index contributed by atoms with van der Waals surface area (Å²) >= 11 is 3.67. The molecule has 4 bridgehead atoms. The summed E-state index contributed by atoms with van der Waals surface area (Å²) in [5.41, 5.74) is -2.67. The predicted octanol–water partition coefficient (Wildman–Crippen LogP) is -0.432. The minimum absolute atomic E-state index is 0.201. The first kappa shape index (κ1) is 14.6. The predicted molar refractivity (Wildman–Crippen MR) is 77.6 cm³/mol. The smallest absolute Gasteiger partial charge is 0.129 e. The van der Waals surface area contributed by atoms with Gasteiger partial charge in [-0.15, -0.1) is 0 Å². The molecule has 3 N–H and O–H groups in total. The maximum absolute atomic E-state index is 10.8.